The summed E-state index contributed by atoms with van der Waals surface area (Å²) in [7, 11) is 0. The Morgan fingerprint density at radius 1 is 0.962 bits per heavy atom. The van der Waals surface area contributed by atoms with E-state index in [1.165, 1.54) is 33.7 Å². The smallest absolute Gasteiger partial charge is 0.116 e. The van der Waals surface area contributed by atoms with Gasteiger partial charge in [0.25, 0.3) is 0 Å². The molecule has 128 valence electrons. The van der Waals surface area contributed by atoms with Crippen molar-refractivity contribution in [2.75, 3.05) is 0 Å². The van der Waals surface area contributed by atoms with Gasteiger partial charge < -0.3 is 5.11 Å². The first-order valence-electron chi connectivity index (χ1n) is 9.33. The SMILES string of the molecule is C[C@H]1CCc2c(-c3cccc(O)c3)nc3ccc4ccccc4c3c2C1. The number of hydrogen-bond donors (Lipinski definition) is 1. The van der Waals surface area contributed by atoms with Gasteiger partial charge in [0.05, 0.1) is 11.2 Å². The molecule has 0 unspecified atom stereocenters. The van der Waals surface area contributed by atoms with E-state index in [9.17, 15) is 5.11 Å². The molecule has 0 bridgehead atoms. The van der Waals surface area contributed by atoms with E-state index in [0.717, 1.165) is 29.6 Å². The highest BCUT2D eigenvalue weighted by atomic mass is 16.3. The lowest BCUT2D eigenvalue weighted by Crippen LogP contribution is -2.14. The molecule has 1 aromatic heterocycles. The summed E-state index contributed by atoms with van der Waals surface area (Å²) >= 11 is 0. The van der Waals surface area contributed by atoms with E-state index >= 15 is 0 Å². The molecule has 1 N–H and O–H groups in total. The molecule has 1 aliphatic carbocycles. The quantitative estimate of drug-likeness (QED) is 0.439. The van der Waals surface area contributed by atoms with Crippen LogP contribution in [0.5, 0.6) is 5.75 Å². The van der Waals surface area contributed by atoms with Gasteiger partial charge in [0.2, 0.25) is 0 Å². The highest BCUT2D eigenvalue weighted by Gasteiger charge is 2.23. The number of hydrogen-bond acceptors (Lipinski definition) is 2. The first-order chi connectivity index (χ1) is 12.7. The topological polar surface area (TPSA) is 33.1 Å². The Morgan fingerprint density at radius 3 is 2.73 bits per heavy atom. The van der Waals surface area contributed by atoms with Crippen LogP contribution in [0, 0.1) is 5.92 Å². The molecule has 4 aromatic rings. The maximum absolute atomic E-state index is 9.95. The van der Waals surface area contributed by atoms with E-state index in [1.807, 2.05) is 18.2 Å². The summed E-state index contributed by atoms with van der Waals surface area (Å²) < 4.78 is 0. The monoisotopic (exact) mass is 339 g/mol. The van der Waals surface area contributed by atoms with Crippen LogP contribution in [0.1, 0.15) is 24.5 Å². The Morgan fingerprint density at radius 2 is 1.85 bits per heavy atom. The largest absolute Gasteiger partial charge is 0.508 e. The number of aromatic hydroxyl groups is 1. The molecule has 2 nitrogen and oxygen atoms in total. The number of phenolic OH excluding ortho intramolecular Hbond substituents is 1. The Kier molecular flexibility index (Phi) is 3.46. The summed E-state index contributed by atoms with van der Waals surface area (Å²) in [5.41, 5.74) is 5.90. The van der Waals surface area contributed by atoms with Gasteiger partial charge in [-0.15, -0.1) is 0 Å². The molecule has 3 aromatic carbocycles. The van der Waals surface area contributed by atoms with Gasteiger partial charge in [-0.3, -0.25) is 0 Å². The molecule has 1 heterocycles. The predicted molar refractivity (Wildman–Crippen MR) is 108 cm³/mol. The van der Waals surface area contributed by atoms with Crippen LogP contribution in [0.15, 0.2) is 60.7 Å². The first-order valence-corrected chi connectivity index (χ1v) is 9.33. The van der Waals surface area contributed by atoms with Gasteiger partial charge >= 0.3 is 0 Å². The molecule has 26 heavy (non-hydrogen) atoms. The molecule has 0 saturated carbocycles. The van der Waals surface area contributed by atoms with Gasteiger partial charge in [-0.05, 0) is 65.3 Å². The number of fused-ring (bicyclic) bond motifs is 5. The number of benzene rings is 3. The van der Waals surface area contributed by atoms with Crippen molar-refractivity contribution >= 4 is 21.7 Å². The Balaban J connectivity index is 1.90. The first kappa shape index (κ1) is 15.4. The van der Waals surface area contributed by atoms with E-state index in [-0.39, 0.29) is 0 Å². The number of pyridine rings is 1. The molecule has 0 radical (unpaired) electrons. The third kappa shape index (κ3) is 2.37. The van der Waals surface area contributed by atoms with E-state index in [0.29, 0.717) is 11.7 Å². The van der Waals surface area contributed by atoms with Crippen molar-refractivity contribution in [3.63, 3.8) is 0 Å². The fraction of sp³-hybridized carbons (Fsp3) is 0.208. The lowest BCUT2D eigenvalue weighted by atomic mass is 9.80. The van der Waals surface area contributed by atoms with E-state index in [2.05, 4.69) is 43.3 Å². The number of nitrogens with zero attached hydrogens (tertiary/aromatic N) is 1. The number of aromatic nitrogens is 1. The molecule has 1 aliphatic rings. The van der Waals surface area contributed by atoms with Gasteiger partial charge in [0, 0.05) is 10.9 Å². The average Bonchev–Trinajstić information content (AvgIpc) is 2.66. The van der Waals surface area contributed by atoms with Gasteiger partial charge in [-0.25, -0.2) is 4.98 Å². The Bertz CT molecular complexity index is 1150. The van der Waals surface area contributed by atoms with Crippen molar-refractivity contribution in [2.45, 2.75) is 26.2 Å². The van der Waals surface area contributed by atoms with Crippen LogP contribution in [0.3, 0.4) is 0 Å². The van der Waals surface area contributed by atoms with Crippen molar-refractivity contribution in [3.05, 3.63) is 71.8 Å². The van der Waals surface area contributed by atoms with E-state index in [1.54, 1.807) is 6.07 Å². The van der Waals surface area contributed by atoms with Crippen molar-refractivity contribution in [1.82, 2.24) is 4.98 Å². The number of phenols is 1. The van der Waals surface area contributed by atoms with Gasteiger partial charge in [0.15, 0.2) is 0 Å². The predicted octanol–water partition coefficient (Wildman–Crippen LogP) is 5.89. The summed E-state index contributed by atoms with van der Waals surface area (Å²) in [5.74, 6) is 0.977. The van der Waals surface area contributed by atoms with Crippen LogP contribution in [0.2, 0.25) is 0 Å². The molecular weight excluding hydrogens is 318 g/mol. The van der Waals surface area contributed by atoms with Crippen LogP contribution in [0.25, 0.3) is 32.9 Å². The fourth-order valence-electron chi connectivity index (χ4n) is 4.38. The van der Waals surface area contributed by atoms with E-state index in [4.69, 9.17) is 4.98 Å². The maximum Gasteiger partial charge on any atom is 0.116 e. The standard InChI is InChI=1S/C24H21NO/c1-15-9-11-20-21(13-15)23-19-8-3-2-5-16(19)10-12-22(23)25-24(20)17-6-4-7-18(26)14-17/h2-8,10,12,14-15,26H,9,11,13H2,1H3/t15-/m0/s1. The second-order valence-electron chi connectivity index (χ2n) is 7.50. The van der Waals surface area contributed by atoms with Gasteiger partial charge in [-0.2, -0.15) is 0 Å². The Hall–Kier alpha value is -2.87. The zero-order chi connectivity index (χ0) is 17.7. The summed E-state index contributed by atoms with van der Waals surface area (Å²) in [6.45, 7) is 2.34. The summed E-state index contributed by atoms with van der Waals surface area (Å²) in [6.07, 6.45) is 3.33. The molecule has 0 spiro atoms. The van der Waals surface area contributed by atoms with Crippen LogP contribution >= 0.6 is 0 Å². The normalized spacial score (nSPS) is 16.7. The third-order valence-electron chi connectivity index (χ3n) is 5.65. The summed E-state index contributed by atoms with van der Waals surface area (Å²) in [5, 5.41) is 13.8. The lowest BCUT2D eigenvalue weighted by molar-refractivity contribution is 0.475. The zero-order valence-corrected chi connectivity index (χ0v) is 14.9. The third-order valence-corrected chi connectivity index (χ3v) is 5.65. The second kappa shape index (κ2) is 5.84. The minimum atomic E-state index is 0.292. The summed E-state index contributed by atoms with van der Waals surface area (Å²) in [4.78, 5) is 5.06. The summed E-state index contributed by atoms with van der Waals surface area (Å²) in [6, 6.07) is 20.4. The van der Waals surface area contributed by atoms with Crippen LogP contribution in [-0.2, 0) is 12.8 Å². The van der Waals surface area contributed by atoms with Crippen molar-refractivity contribution in [3.8, 4) is 17.0 Å². The van der Waals surface area contributed by atoms with Crippen molar-refractivity contribution in [1.29, 1.82) is 0 Å². The highest BCUT2D eigenvalue weighted by molar-refractivity contribution is 6.09. The fourth-order valence-corrected chi connectivity index (χ4v) is 4.38. The maximum atomic E-state index is 9.95. The minimum Gasteiger partial charge on any atom is -0.508 e. The van der Waals surface area contributed by atoms with E-state index < -0.39 is 0 Å². The molecule has 2 heteroatoms. The average molecular weight is 339 g/mol. The number of rotatable bonds is 1. The highest BCUT2D eigenvalue weighted by Crippen LogP contribution is 2.39. The second-order valence-corrected chi connectivity index (χ2v) is 7.50. The molecule has 5 rings (SSSR count). The molecule has 0 saturated heterocycles. The zero-order valence-electron chi connectivity index (χ0n) is 14.9. The molecule has 0 aliphatic heterocycles. The van der Waals surface area contributed by atoms with Crippen molar-refractivity contribution < 1.29 is 5.11 Å². The van der Waals surface area contributed by atoms with Crippen LogP contribution in [0.4, 0.5) is 0 Å². The molecule has 1 atom stereocenters. The molecule has 0 fully saturated rings. The van der Waals surface area contributed by atoms with Crippen LogP contribution in [-0.4, -0.2) is 10.1 Å². The van der Waals surface area contributed by atoms with Gasteiger partial charge in [-0.1, -0.05) is 49.4 Å². The molecular formula is C24H21NO. The van der Waals surface area contributed by atoms with Crippen molar-refractivity contribution in [2.24, 2.45) is 5.92 Å². The van der Waals surface area contributed by atoms with Gasteiger partial charge in [0.1, 0.15) is 5.75 Å². The lowest BCUT2D eigenvalue weighted by Gasteiger charge is -2.26. The Labute approximate surface area is 153 Å². The van der Waals surface area contributed by atoms with Crippen LogP contribution < -0.4 is 0 Å². The minimum absolute atomic E-state index is 0.292. The molecule has 0 amide bonds.